The number of esters is 2. The van der Waals surface area contributed by atoms with E-state index in [0.717, 1.165) is 63.5 Å². The van der Waals surface area contributed by atoms with Crippen LogP contribution in [0.15, 0.2) is 60.8 Å². The van der Waals surface area contributed by atoms with Crippen LogP contribution >= 0.6 is 15.6 Å². The van der Waals surface area contributed by atoms with Crippen LogP contribution in [0, 0.1) is 11.8 Å². The van der Waals surface area contributed by atoms with Crippen LogP contribution in [0.5, 0.6) is 0 Å². The second kappa shape index (κ2) is 37.1. The molecule has 1 saturated carbocycles. The van der Waals surface area contributed by atoms with E-state index in [1.165, 1.54) is 19.3 Å². The molecule has 2 rings (SSSR count). The molecule has 1 aliphatic heterocycles. The number of carbonyl (C=O) groups excluding carboxylic acids is 3. The van der Waals surface area contributed by atoms with E-state index in [1.807, 2.05) is 6.92 Å². The number of allylic oxidation sites excluding steroid dienone is 8. The maximum Gasteiger partial charge on any atom is 0.472 e. The van der Waals surface area contributed by atoms with Crippen molar-refractivity contribution in [1.82, 2.24) is 0 Å². The predicted octanol–water partition coefficient (Wildman–Crippen LogP) is 7.21. The van der Waals surface area contributed by atoms with Gasteiger partial charge < -0.3 is 54.8 Å². The van der Waals surface area contributed by atoms with Gasteiger partial charge in [-0.25, -0.2) is 9.13 Å². The van der Waals surface area contributed by atoms with Crippen molar-refractivity contribution in [2.45, 2.75) is 216 Å². The fraction of sp³-hybridized carbons (Fsp3) is 0.745. The van der Waals surface area contributed by atoms with Crippen LogP contribution in [0.2, 0.25) is 0 Å². The molecule has 1 unspecified atom stereocenters. The Balaban J connectivity index is 2.27. The van der Waals surface area contributed by atoms with Crippen LogP contribution < -0.4 is 0 Å². The Morgan fingerprint density at radius 3 is 1.99 bits per heavy atom. The van der Waals surface area contributed by atoms with Gasteiger partial charge in [-0.3, -0.25) is 28.0 Å². The summed E-state index contributed by atoms with van der Waals surface area (Å²) in [4.78, 5) is 70.8. The van der Waals surface area contributed by atoms with Crippen LogP contribution in [0.4, 0.5) is 0 Å². The largest absolute Gasteiger partial charge is 0.472 e. The first-order valence-corrected chi connectivity index (χ1v) is 29.0. The van der Waals surface area contributed by atoms with Gasteiger partial charge >= 0.3 is 27.6 Å². The van der Waals surface area contributed by atoms with Crippen molar-refractivity contribution < 1.29 is 91.9 Å². The van der Waals surface area contributed by atoms with Crippen LogP contribution in [-0.2, 0) is 46.6 Å². The van der Waals surface area contributed by atoms with E-state index >= 15 is 0 Å². The summed E-state index contributed by atoms with van der Waals surface area (Å²) in [7, 11) is -11.5. The maximum atomic E-state index is 14.0. The van der Waals surface area contributed by atoms with Crippen molar-refractivity contribution in [3.05, 3.63) is 60.8 Å². The van der Waals surface area contributed by atoms with Gasteiger partial charge in [-0.1, -0.05) is 132 Å². The molecule has 0 radical (unpaired) electrons. The standard InChI is InChI=1S/C51H86O19P2/c1-3-5-7-8-9-10-11-12-13-14-15-16-17-18-19-20-21-22-28-32-45(56)68-39-36-66-44(55)31-27-24-23-26-30-40-42(53)35-43(54)41(34-33-38(52)29-25-6-4-2)47(58)50(69-71(61,62)63)51(49(60)48(59)46(40)57)70-72(64,65)67-37-39/h9-10,12-13,15-16,18-19,33-34,38-42,46-53,57-60H,3-8,11,14,17,20-32,35-37H2,1-2H3,(H,64,65)(H2,61,62,63)/b10-9-,13-12-,16-15-,19-18-,34-33+/t38-,39+,40-,41-,42-,46+,47+,48-,49+,50+,51-/m0/s1. The summed E-state index contributed by atoms with van der Waals surface area (Å²) in [5.41, 5.74) is 0. The van der Waals surface area contributed by atoms with Crippen LogP contribution in [0.1, 0.15) is 162 Å². The van der Waals surface area contributed by atoms with E-state index in [0.29, 0.717) is 38.5 Å². The third kappa shape index (κ3) is 28.3. The molecule has 0 spiro atoms. The lowest BCUT2D eigenvalue weighted by Crippen LogP contribution is -2.56. The number of ketones is 1. The Labute approximate surface area is 426 Å². The molecule has 1 aliphatic carbocycles. The highest BCUT2D eigenvalue weighted by Gasteiger charge is 2.51. The number of carbonyl (C=O) groups is 3. The summed E-state index contributed by atoms with van der Waals surface area (Å²) in [5.74, 6) is -5.70. The molecule has 72 heavy (non-hydrogen) atoms. The molecule has 0 amide bonds. The minimum Gasteiger partial charge on any atom is -0.462 e. The third-order valence-electron chi connectivity index (χ3n) is 12.5. The summed E-state index contributed by atoms with van der Waals surface area (Å²) in [6.45, 7) is 2.52. The topological polar surface area (TPSA) is 314 Å². The van der Waals surface area contributed by atoms with Gasteiger partial charge in [0.15, 0.2) is 6.10 Å². The van der Waals surface area contributed by atoms with Crippen LogP contribution in [0.25, 0.3) is 0 Å². The van der Waals surface area contributed by atoms with Crippen molar-refractivity contribution >= 4 is 33.4 Å². The number of hydrogen-bond donors (Lipinski definition) is 9. The highest BCUT2D eigenvalue weighted by atomic mass is 31.2. The Bertz CT molecular complexity index is 1780. The van der Waals surface area contributed by atoms with E-state index in [4.69, 9.17) is 23.0 Å². The zero-order valence-corrected chi connectivity index (χ0v) is 44.1. The van der Waals surface area contributed by atoms with Gasteiger partial charge in [0, 0.05) is 25.2 Å². The molecule has 2 fully saturated rings. The molecular weight excluding hydrogens is 978 g/mol. The number of ether oxygens (including phenoxy) is 2. The van der Waals surface area contributed by atoms with Crippen LogP contribution in [-0.4, -0.2) is 131 Å². The highest BCUT2D eigenvalue weighted by Crippen LogP contribution is 2.49. The van der Waals surface area contributed by atoms with Gasteiger partial charge in [0.25, 0.3) is 0 Å². The fourth-order valence-corrected chi connectivity index (χ4v) is 9.87. The van der Waals surface area contributed by atoms with Crippen molar-refractivity contribution in [3.63, 3.8) is 0 Å². The number of phosphoric ester groups is 2. The predicted molar refractivity (Wildman–Crippen MR) is 270 cm³/mol. The normalized spacial score (nSPS) is 30.0. The molecule has 21 heteroatoms. The van der Waals surface area contributed by atoms with Crippen LogP contribution in [0.3, 0.4) is 0 Å². The minimum absolute atomic E-state index is 0.0656. The second-order valence-electron chi connectivity index (χ2n) is 18.7. The molecular formula is C51H86O19P2. The van der Waals surface area contributed by atoms with Gasteiger partial charge in [-0.15, -0.1) is 0 Å². The molecule has 19 nitrogen and oxygen atoms in total. The summed E-state index contributed by atoms with van der Waals surface area (Å²) in [6.07, 6.45) is 12.7. The van der Waals surface area contributed by atoms with Gasteiger partial charge in [-0.05, 0) is 70.6 Å². The highest BCUT2D eigenvalue weighted by molar-refractivity contribution is 7.47. The fourth-order valence-electron chi connectivity index (χ4n) is 8.34. The van der Waals surface area contributed by atoms with Crippen molar-refractivity contribution in [1.29, 1.82) is 0 Å². The quantitative estimate of drug-likeness (QED) is 0.0189. The van der Waals surface area contributed by atoms with E-state index in [-0.39, 0.29) is 32.1 Å². The number of phosphoric acid groups is 2. The Hall–Kier alpha value is -2.71. The van der Waals surface area contributed by atoms with E-state index in [2.05, 4.69) is 55.5 Å². The van der Waals surface area contributed by atoms with Gasteiger partial charge in [0.1, 0.15) is 36.8 Å². The van der Waals surface area contributed by atoms with Crippen molar-refractivity contribution in [2.24, 2.45) is 11.8 Å². The first-order valence-electron chi connectivity index (χ1n) is 25.9. The minimum atomic E-state index is -5.80. The van der Waals surface area contributed by atoms with Gasteiger partial charge in [0.05, 0.1) is 36.9 Å². The lowest BCUT2D eigenvalue weighted by molar-refractivity contribution is -0.165. The van der Waals surface area contributed by atoms with Crippen molar-refractivity contribution in [2.75, 3.05) is 13.2 Å². The molecule has 12 atom stereocenters. The average Bonchev–Trinajstić information content (AvgIpc) is 3.32. The first-order chi connectivity index (χ1) is 34.3. The summed E-state index contributed by atoms with van der Waals surface area (Å²) >= 11 is 0. The molecule has 0 aromatic rings. The molecule has 0 aromatic heterocycles. The number of cyclic esters (lactones) is 1. The number of Topliss-reactive ketones (excluding diaryl/α,β-unsaturated/α-hetero) is 1. The lowest BCUT2D eigenvalue weighted by Gasteiger charge is -2.38. The molecule has 2 aliphatic rings. The number of rotatable bonds is 25. The monoisotopic (exact) mass is 1060 g/mol. The third-order valence-corrected chi connectivity index (χ3v) is 14.0. The summed E-state index contributed by atoms with van der Waals surface area (Å²) in [6, 6.07) is 0. The Kier molecular flexibility index (Phi) is 33.7. The summed E-state index contributed by atoms with van der Waals surface area (Å²) < 4.78 is 52.2. The SMILES string of the molecule is CCCCC/C=C\C/C=C\C/C=C\C/C=C\CCCCCC(=O)O[C@@H]1COC(=O)CCCCCC[C@@H]2[C@@H](O)[C@H](O)[C@@H](O)[C@H](OP(=O)(O)OC1)[C@H](OP(=O)(O)O)[C@H](O)[C@@H](/C=C/[C@@H](O)CCCCC)C(=O)C[C@@H]2O. The second-order valence-corrected chi connectivity index (χ2v) is 21.3. The number of unbranched alkanes of at least 4 members (excludes halogenated alkanes) is 8. The number of fused-ring (bicyclic) bond motifs is 4. The van der Waals surface area contributed by atoms with E-state index < -0.39 is 120 Å². The zero-order chi connectivity index (χ0) is 53.4. The first kappa shape index (κ1) is 65.4. The number of aliphatic hydroxyl groups is 6. The van der Waals surface area contributed by atoms with Gasteiger partial charge in [-0.2, -0.15) is 0 Å². The lowest BCUT2D eigenvalue weighted by atomic mass is 9.82. The van der Waals surface area contributed by atoms with Crippen molar-refractivity contribution in [3.8, 4) is 0 Å². The molecule has 9 N–H and O–H groups in total. The zero-order valence-electron chi connectivity index (χ0n) is 42.3. The summed E-state index contributed by atoms with van der Waals surface area (Å²) in [5, 5.41) is 68.3. The Morgan fingerprint density at radius 1 is 0.764 bits per heavy atom. The molecule has 2 bridgehead atoms. The Morgan fingerprint density at radius 2 is 1.36 bits per heavy atom. The van der Waals surface area contributed by atoms with E-state index in [1.54, 1.807) is 0 Å². The van der Waals surface area contributed by atoms with Gasteiger partial charge in [0.2, 0.25) is 0 Å². The number of aliphatic hydroxyl groups excluding tert-OH is 6. The molecule has 1 saturated heterocycles. The smallest absolute Gasteiger partial charge is 0.462 e. The number of hydrogen-bond acceptors (Lipinski definition) is 16. The molecule has 414 valence electrons. The average molecular weight is 1070 g/mol. The maximum absolute atomic E-state index is 14.0. The molecule has 0 aromatic carbocycles. The molecule has 1 heterocycles. The van der Waals surface area contributed by atoms with E-state index in [9.17, 15) is 68.8 Å².